The van der Waals surface area contributed by atoms with Crippen molar-refractivity contribution >= 4 is 152 Å². The lowest BCUT2D eigenvalue weighted by Crippen LogP contribution is -2.47. The molecule has 0 radical (unpaired) electrons. The maximum atomic E-state index is 7.39. The van der Waals surface area contributed by atoms with Crippen molar-refractivity contribution in [2.24, 2.45) is 0 Å². The van der Waals surface area contributed by atoms with Crippen LogP contribution in [0.15, 0.2) is 231 Å². The average Bonchev–Trinajstić information content (AvgIpc) is 3.37. The van der Waals surface area contributed by atoms with E-state index in [1.165, 1.54) is 10.6 Å². The monoisotopic (exact) mass is 967 g/mol. The summed E-state index contributed by atoms with van der Waals surface area (Å²) in [6.45, 7) is 2.21. The molecule has 2 unspecified atom stereocenters. The largest absolute Gasteiger partial charge is 0.308 e. The van der Waals surface area contributed by atoms with Crippen LogP contribution in [-0.2, 0) is 47.2 Å². The van der Waals surface area contributed by atoms with Crippen LogP contribution < -0.4 is 68.6 Å². The van der Waals surface area contributed by atoms with Gasteiger partial charge in [0, 0.05) is 45.4 Å². The number of anilines is 3. The van der Waals surface area contributed by atoms with Crippen LogP contribution in [0.3, 0.4) is 0 Å². The van der Waals surface area contributed by atoms with Crippen molar-refractivity contribution in [1.82, 2.24) is 0 Å². The van der Waals surface area contributed by atoms with Gasteiger partial charge in [-0.2, -0.15) is 0 Å². The Morgan fingerprint density at radius 1 is 0.344 bits per heavy atom. The minimum Gasteiger partial charge on any atom is -0.308 e. The lowest BCUT2D eigenvalue weighted by molar-refractivity contribution is 1.31. The van der Waals surface area contributed by atoms with Crippen molar-refractivity contribution in [3.63, 3.8) is 0 Å². The Balaban J connectivity index is 1.25. The minimum absolute atomic E-state index is 1.09. The molecule has 2 atom stereocenters. The molecule has 9 aromatic rings. The van der Waals surface area contributed by atoms with Crippen molar-refractivity contribution in [1.29, 1.82) is 0 Å². The number of benzene rings is 9. The van der Waals surface area contributed by atoms with E-state index in [1.54, 1.807) is 0 Å². The summed E-state index contributed by atoms with van der Waals surface area (Å²) in [4.78, 5) is 2.51. The summed E-state index contributed by atoms with van der Waals surface area (Å²) in [7, 11) is 0. The lowest BCUT2D eigenvalue weighted by atomic mass is 10.1. The fraction of sp³-hybridized carbons (Fsp3) is 0.0182. The molecule has 0 saturated carbocycles. The topological polar surface area (TPSA) is 3.24 Å². The molecule has 2 heterocycles. The molecule has 0 amide bonds. The number of aryl methyl sites for hydroxylation is 1. The first kappa shape index (κ1) is 42.0. The van der Waals surface area contributed by atoms with Gasteiger partial charge in [0.2, 0.25) is 0 Å². The molecule has 2 aliphatic rings. The summed E-state index contributed by atoms with van der Waals surface area (Å²) in [5, 5.41) is 13.9. The quantitative estimate of drug-likeness (QED) is 0.140. The number of hydrogen-bond donors (Lipinski definition) is 0. The second-order valence-corrected chi connectivity index (χ2v) is 33.8. The van der Waals surface area contributed by atoms with Crippen molar-refractivity contribution < 1.29 is 0 Å². The van der Waals surface area contributed by atoms with E-state index in [0.717, 1.165) is 75.7 Å². The molecule has 64 heavy (non-hydrogen) atoms. The van der Waals surface area contributed by atoms with Gasteiger partial charge in [0.25, 0.3) is 0 Å². The van der Waals surface area contributed by atoms with Crippen LogP contribution >= 0.6 is 24.2 Å². The van der Waals surface area contributed by atoms with Crippen molar-refractivity contribution in [3.8, 4) is 0 Å². The Morgan fingerprint density at radius 2 is 0.641 bits per heavy atom. The van der Waals surface area contributed by atoms with Crippen molar-refractivity contribution in [2.75, 3.05) is 4.90 Å². The van der Waals surface area contributed by atoms with Crippen molar-refractivity contribution in [3.05, 3.63) is 236 Å². The van der Waals surface area contributed by atoms with Crippen LogP contribution in [0.2, 0.25) is 0 Å². The molecule has 9 heteroatoms. The lowest BCUT2D eigenvalue weighted by Gasteiger charge is -2.47. The first-order valence-corrected chi connectivity index (χ1v) is 32.4. The van der Waals surface area contributed by atoms with Gasteiger partial charge in [-0.15, -0.1) is 0 Å². The number of rotatable bonds is 8. The van der Waals surface area contributed by atoms with Crippen LogP contribution in [0.4, 0.5) is 17.1 Å². The SMILES string of the molecule is Cc1cc2c3c(c1)P(=S)(c1ccccc1)c1cc(P(=S)(c4ccccc4)c4ccccc4)ccc1N3c1ccc(P(=S)(c3ccccc3)c3ccccc3)cc1P2(=S)c1ccccc1. The molecule has 9 aromatic carbocycles. The van der Waals surface area contributed by atoms with Gasteiger partial charge < -0.3 is 4.90 Å². The second-order valence-electron chi connectivity index (χ2n) is 16.3. The Bertz CT molecular complexity index is 3140. The van der Waals surface area contributed by atoms with Gasteiger partial charge in [-0.25, -0.2) is 0 Å². The van der Waals surface area contributed by atoms with Crippen LogP contribution in [-0.4, -0.2) is 0 Å². The van der Waals surface area contributed by atoms with Gasteiger partial charge in [0.15, 0.2) is 0 Å². The third kappa shape index (κ3) is 6.36. The molecule has 0 saturated heterocycles. The second kappa shape index (κ2) is 16.4. The highest BCUT2D eigenvalue weighted by Gasteiger charge is 2.47. The summed E-state index contributed by atoms with van der Waals surface area (Å²) >= 11 is 28.8. The van der Waals surface area contributed by atoms with Gasteiger partial charge in [0.1, 0.15) is 0 Å². The van der Waals surface area contributed by atoms with E-state index in [4.69, 9.17) is 47.2 Å². The van der Waals surface area contributed by atoms with Gasteiger partial charge in [-0.05, 0) is 91.3 Å². The highest BCUT2D eigenvalue weighted by Crippen LogP contribution is 2.61. The van der Waals surface area contributed by atoms with E-state index in [-0.39, 0.29) is 0 Å². The zero-order valence-electron chi connectivity index (χ0n) is 34.8. The molecular formula is C55H41NP4S4. The smallest absolute Gasteiger partial charge is 0.0643 e. The molecule has 0 bridgehead atoms. The summed E-state index contributed by atoms with van der Waals surface area (Å²) in [5.74, 6) is 0. The van der Waals surface area contributed by atoms with Crippen molar-refractivity contribution in [2.45, 2.75) is 6.92 Å². The van der Waals surface area contributed by atoms with E-state index < -0.39 is 24.2 Å². The van der Waals surface area contributed by atoms with Crippen LogP contribution in [0.5, 0.6) is 0 Å². The molecule has 0 N–H and O–H groups in total. The Hall–Kier alpha value is -4.62. The van der Waals surface area contributed by atoms with E-state index in [0.29, 0.717) is 0 Å². The first-order valence-electron chi connectivity index (χ1n) is 21.2. The molecule has 0 aromatic heterocycles. The standard InChI is InChI=1S/C55H41NP4S4/c1-40-36-53-55-54(37-40)60(64,46-30-18-7-19-31-46)52-39-48(58(62,43-24-12-4-13-25-43)44-26-14-5-15-27-44)33-35-50(52)56(55)49-34-32-47(38-51(49)59(53,63)45-28-16-6-17-29-45)57(61,41-20-8-2-9-21-41)42-22-10-3-11-23-42/h2-39H,1H3. The molecule has 2 aliphatic heterocycles. The predicted octanol–water partition coefficient (Wildman–Crippen LogP) is 9.11. The summed E-state index contributed by atoms with van der Waals surface area (Å²) in [6.07, 6.45) is 0. The Kier molecular flexibility index (Phi) is 10.7. The Labute approximate surface area is 396 Å². The van der Waals surface area contributed by atoms with Crippen LogP contribution in [0.1, 0.15) is 5.56 Å². The molecule has 0 fully saturated rings. The fourth-order valence-electron chi connectivity index (χ4n) is 9.66. The van der Waals surface area contributed by atoms with E-state index >= 15 is 0 Å². The molecule has 1 nitrogen and oxygen atoms in total. The fourth-order valence-corrected chi connectivity index (χ4v) is 26.1. The highest BCUT2D eigenvalue weighted by molar-refractivity contribution is 8.28. The van der Waals surface area contributed by atoms with Crippen LogP contribution in [0, 0.1) is 6.92 Å². The zero-order chi connectivity index (χ0) is 43.7. The van der Waals surface area contributed by atoms with Gasteiger partial charge in [-0.1, -0.05) is 241 Å². The average molecular weight is 968 g/mol. The Morgan fingerprint density at radius 3 is 0.953 bits per heavy atom. The molecule has 0 spiro atoms. The van der Waals surface area contributed by atoms with Gasteiger partial charge in [-0.3, -0.25) is 0 Å². The number of nitrogens with zero attached hydrogens (tertiary/aromatic N) is 1. The number of hydrogen-bond acceptors (Lipinski definition) is 5. The summed E-state index contributed by atoms with van der Waals surface area (Å²) < 4.78 is 0. The maximum Gasteiger partial charge on any atom is 0.0643 e. The zero-order valence-corrected chi connectivity index (χ0v) is 41.7. The van der Waals surface area contributed by atoms with E-state index in [2.05, 4.69) is 242 Å². The van der Waals surface area contributed by atoms with Gasteiger partial charge in [0.05, 0.1) is 17.1 Å². The normalized spacial score (nSPS) is 17.5. The third-order valence-corrected chi connectivity index (χ3v) is 32.3. The number of fused-ring (bicyclic) bond motifs is 4. The molecule has 310 valence electrons. The summed E-state index contributed by atoms with van der Waals surface area (Å²) in [5.41, 5.74) is 4.47. The summed E-state index contributed by atoms with van der Waals surface area (Å²) in [6, 6.07) is 72.7. The van der Waals surface area contributed by atoms with E-state index in [9.17, 15) is 0 Å². The first-order chi connectivity index (χ1) is 31.2. The van der Waals surface area contributed by atoms with Crippen LogP contribution in [0.25, 0.3) is 0 Å². The third-order valence-electron chi connectivity index (χ3n) is 12.6. The van der Waals surface area contributed by atoms with Gasteiger partial charge >= 0.3 is 0 Å². The minimum atomic E-state index is -2.75. The maximum absolute atomic E-state index is 7.39. The molecule has 0 aliphatic carbocycles. The van der Waals surface area contributed by atoms with E-state index in [1.807, 2.05) is 0 Å². The molecular weight excluding hydrogens is 927 g/mol. The predicted molar refractivity (Wildman–Crippen MR) is 297 cm³/mol. The highest BCUT2D eigenvalue weighted by atomic mass is 32.5. The molecule has 11 rings (SSSR count).